The van der Waals surface area contributed by atoms with Crippen LogP contribution in [-0.4, -0.2) is 22.6 Å². The zero-order valence-corrected chi connectivity index (χ0v) is 21.5. The Bertz CT molecular complexity index is 1570. The van der Waals surface area contributed by atoms with Crippen molar-refractivity contribution in [1.29, 1.82) is 0 Å². The molecule has 4 aromatic carbocycles. The Kier molecular flexibility index (Phi) is 8.20. The average molecular weight is 547 g/mol. The van der Waals surface area contributed by atoms with E-state index in [9.17, 15) is 21.6 Å². The molecule has 38 heavy (non-hydrogen) atoms. The van der Waals surface area contributed by atoms with E-state index in [2.05, 4.69) is 0 Å². The van der Waals surface area contributed by atoms with Gasteiger partial charge in [0.15, 0.2) is 5.78 Å². The van der Waals surface area contributed by atoms with Crippen molar-refractivity contribution in [3.8, 4) is 11.5 Å². The zero-order valence-electron chi connectivity index (χ0n) is 19.9. The monoisotopic (exact) mass is 546 g/mol. The third-order valence-corrected chi connectivity index (χ3v) is 7.59. The Hall–Kier alpha value is -4.47. The molecular formula is C29H22O7S2. The molecule has 0 radical (unpaired) electrons. The normalized spacial score (nSPS) is 12.0. The molecule has 0 aliphatic rings. The number of carbonyl (C=O) groups excluding carboxylic acids is 1. The molecule has 192 valence electrons. The van der Waals surface area contributed by atoms with Crippen molar-refractivity contribution < 1.29 is 30.0 Å². The Morgan fingerprint density at radius 2 is 0.921 bits per heavy atom. The van der Waals surface area contributed by atoms with Crippen molar-refractivity contribution in [2.24, 2.45) is 0 Å². The third-order valence-electron chi connectivity index (χ3n) is 5.07. The Morgan fingerprint density at radius 3 is 1.32 bits per heavy atom. The number of benzene rings is 4. The molecule has 4 rings (SSSR count). The Labute approximate surface area is 221 Å². The second kappa shape index (κ2) is 11.7. The van der Waals surface area contributed by atoms with E-state index in [1.807, 2.05) is 0 Å². The number of ketones is 1. The van der Waals surface area contributed by atoms with E-state index >= 15 is 0 Å². The van der Waals surface area contributed by atoms with Gasteiger partial charge in [0, 0.05) is 0 Å². The van der Waals surface area contributed by atoms with Crippen LogP contribution in [-0.2, 0) is 25.0 Å². The van der Waals surface area contributed by atoms with Crippen molar-refractivity contribution in [2.45, 2.75) is 9.79 Å². The van der Waals surface area contributed by atoms with Crippen LogP contribution in [0.15, 0.2) is 131 Å². The maximum Gasteiger partial charge on any atom is 0.339 e. The molecule has 0 aliphatic carbocycles. The molecular weight excluding hydrogens is 524 g/mol. The van der Waals surface area contributed by atoms with Crippen molar-refractivity contribution >= 4 is 38.2 Å². The topological polar surface area (TPSA) is 104 Å². The van der Waals surface area contributed by atoms with Gasteiger partial charge >= 0.3 is 20.2 Å². The maximum absolute atomic E-state index is 12.4. The third kappa shape index (κ3) is 7.28. The summed E-state index contributed by atoms with van der Waals surface area (Å²) in [7, 11) is -7.96. The van der Waals surface area contributed by atoms with E-state index in [-0.39, 0.29) is 27.1 Å². The second-order valence-electron chi connectivity index (χ2n) is 7.92. The first-order chi connectivity index (χ1) is 18.2. The molecule has 0 N–H and O–H groups in total. The number of hydrogen-bond donors (Lipinski definition) is 0. The minimum atomic E-state index is -3.98. The van der Waals surface area contributed by atoms with Crippen LogP contribution in [0.25, 0.3) is 12.2 Å². The molecule has 0 aromatic heterocycles. The Balaban J connectivity index is 1.40. The summed E-state index contributed by atoms with van der Waals surface area (Å²) in [4.78, 5) is 12.4. The maximum atomic E-state index is 12.4. The van der Waals surface area contributed by atoms with Crippen LogP contribution >= 0.6 is 0 Å². The summed E-state index contributed by atoms with van der Waals surface area (Å²) in [6.07, 6.45) is 5.70. The number of hydrogen-bond acceptors (Lipinski definition) is 7. The molecule has 0 amide bonds. The van der Waals surface area contributed by atoms with Gasteiger partial charge in [-0.25, -0.2) is 0 Å². The van der Waals surface area contributed by atoms with Gasteiger partial charge in [-0.05, 0) is 71.8 Å². The van der Waals surface area contributed by atoms with Gasteiger partial charge in [-0.2, -0.15) is 16.8 Å². The van der Waals surface area contributed by atoms with Crippen LogP contribution in [0.2, 0.25) is 0 Å². The fourth-order valence-corrected chi connectivity index (χ4v) is 5.16. The first kappa shape index (κ1) is 26.6. The van der Waals surface area contributed by atoms with Gasteiger partial charge in [-0.1, -0.05) is 72.8 Å². The smallest absolute Gasteiger partial charge is 0.339 e. The molecule has 7 nitrogen and oxygen atoms in total. The molecule has 0 atom stereocenters. The first-order valence-electron chi connectivity index (χ1n) is 11.3. The summed E-state index contributed by atoms with van der Waals surface area (Å²) < 4.78 is 60.1. The van der Waals surface area contributed by atoms with Crippen LogP contribution < -0.4 is 8.37 Å². The van der Waals surface area contributed by atoms with Gasteiger partial charge < -0.3 is 8.37 Å². The van der Waals surface area contributed by atoms with Gasteiger partial charge in [0.25, 0.3) is 0 Å². The summed E-state index contributed by atoms with van der Waals surface area (Å²) in [6.45, 7) is 0. The highest BCUT2D eigenvalue weighted by Crippen LogP contribution is 2.22. The van der Waals surface area contributed by atoms with Crippen LogP contribution in [0.1, 0.15) is 11.1 Å². The molecule has 0 aliphatic heterocycles. The van der Waals surface area contributed by atoms with E-state index in [4.69, 9.17) is 8.37 Å². The van der Waals surface area contributed by atoms with Crippen molar-refractivity contribution in [1.82, 2.24) is 0 Å². The van der Waals surface area contributed by atoms with Gasteiger partial charge in [-0.3, -0.25) is 4.79 Å². The fourth-order valence-electron chi connectivity index (χ4n) is 3.28. The lowest BCUT2D eigenvalue weighted by Crippen LogP contribution is -2.09. The zero-order chi connectivity index (χ0) is 27.0. The van der Waals surface area contributed by atoms with Crippen LogP contribution in [0, 0.1) is 0 Å². The number of carbonyl (C=O) groups is 1. The van der Waals surface area contributed by atoms with Crippen LogP contribution in [0.3, 0.4) is 0 Å². The van der Waals surface area contributed by atoms with Crippen molar-refractivity contribution in [3.63, 3.8) is 0 Å². The number of rotatable bonds is 10. The average Bonchev–Trinajstić information content (AvgIpc) is 2.92. The van der Waals surface area contributed by atoms with Gasteiger partial charge in [0.2, 0.25) is 0 Å². The van der Waals surface area contributed by atoms with Gasteiger partial charge in [0.1, 0.15) is 21.3 Å². The lowest BCUT2D eigenvalue weighted by molar-refractivity contribution is -0.110. The second-order valence-corrected chi connectivity index (χ2v) is 11.0. The quantitative estimate of drug-likeness (QED) is 0.191. The van der Waals surface area contributed by atoms with Crippen molar-refractivity contribution in [2.75, 3.05) is 0 Å². The molecule has 0 unspecified atom stereocenters. The Morgan fingerprint density at radius 1 is 0.526 bits per heavy atom. The van der Waals surface area contributed by atoms with E-state index in [0.29, 0.717) is 11.1 Å². The SMILES string of the molecule is O=C(/C=C/c1cccc(OS(=O)(=O)c2ccccc2)c1)/C=C/c1cccc(OS(=O)(=O)c2ccccc2)c1. The molecule has 4 aromatic rings. The van der Waals surface area contributed by atoms with Crippen LogP contribution in [0.4, 0.5) is 0 Å². The molecule has 0 spiro atoms. The highest BCUT2D eigenvalue weighted by atomic mass is 32.2. The van der Waals surface area contributed by atoms with E-state index in [0.717, 1.165) is 0 Å². The van der Waals surface area contributed by atoms with E-state index in [1.54, 1.807) is 60.7 Å². The predicted octanol–water partition coefficient (Wildman–Crippen LogP) is 5.52. The minimum absolute atomic E-state index is 0.0356. The van der Waals surface area contributed by atoms with Gasteiger partial charge in [0.05, 0.1) is 0 Å². The molecule has 0 fully saturated rings. The number of allylic oxidation sites excluding steroid dienone is 2. The summed E-state index contributed by atoms with van der Waals surface area (Å²) in [5, 5.41) is 0. The molecule has 9 heteroatoms. The summed E-state index contributed by atoms with van der Waals surface area (Å²) in [5.74, 6) is -0.112. The van der Waals surface area contributed by atoms with Gasteiger partial charge in [-0.15, -0.1) is 0 Å². The van der Waals surface area contributed by atoms with E-state index < -0.39 is 20.2 Å². The first-order valence-corrected chi connectivity index (χ1v) is 14.1. The summed E-state index contributed by atoms with van der Waals surface area (Å²) in [5.41, 5.74) is 1.13. The standard InChI is InChI=1S/C29H22O7S2/c30-25(19-17-23-9-7-11-26(21-23)35-37(31,32)28-13-3-1-4-14-28)20-18-24-10-8-12-27(22-24)36-38(33,34)29-15-5-2-6-16-29/h1-22H/b19-17+,20-18+. The largest absolute Gasteiger partial charge is 0.379 e. The molecule has 0 heterocycles. The van der Waals surface area contributed by atoms with Crippen LogP contribution in [0.5, 0.6) is 11.5 Å². The molecule has 0 bridgehead atoms. The molecule has 0 saturated carbocycles. The fraction of sp³-hybridized carbons (Fsp3) is 0. The highest BCUT2D eigenvalue weighted by molar-refractivity contribution is 7.87. The molecule has 0 saturated heterocycles. The lowest BCUT2D eigenvalue weighted by Gasteiger charge is -2.07. The minimum Gasteiger partial charge on any atom is -0.379 e. The summed E-state index contributed by atoms with van der Waals surface area (Å²) in [6, 6.07) is 28.2. The predicted molar refractivity (Wildman–Crippen MR) is 144 cm³/mol. The highest BCUT2D eigenvalue weighted by Gasteiger charge is 2.17. The van der Waals surface area contributed by atoms with E-state index in [1.165, 1.54) is 72.8 Å². The lowest BCUT2D eigenvalue weighted by atomic mass is 10.1. The van der Waals surface area contributed by atoms with Crippen molar-refractivity contribution in [3.05, 3.63) is 132 Å². The summed E-state index contributed by atoms with van der Waals surface area (Å²) >= 11 is 0.